The highest BCUT2D eigenvalue weighted by molar-refractivity contribution is 7.92. The number of likely N-dealkylation sites (N-methyl/N-ethyl adjacent to an activating group) is 1. The topological polar surface area (TPSA) is 87.7 Å². The molecule has 0 unspecified atom stereocenters. The minimum absolute atomic E-state index is 0.0176. The average Bonchev–Trinajstić information content (AvgIpc) is 2.80. The number of methoxy groups -OCH3 is 1. The van der Waals surface area contributed by atoms with Gasteiger partial charge in [0.1, 0.15) is 5.75 Å². The predicted molar refractivity (Wildman–Crippen MR) is 130 cm³/mol. The Balaban J connectivity index is 1.81. The molecule has 8 heteroatoms. The fraction of sp³-hybridized carbons (Fsp3) is 0.240. The van der Waals surface area contributed by atoms with Gasteiger partial charge in [0.05, 0.1) is 23.7 Å². The van der Waals surface area contributed by atoms with Gasteiger partial charge in [-0.2, -0.15) is 0 Å². The number of nitrogens with zero attached hydrogens (tertiary/aromatic N) is 1. The molecule has 33 heavy (non-hydrogen) atoms. The Hall–Kier alpha value is -3.36. The standard InChI is InChI=1S/C25H29N3O4S/c1-18-14-15-20(25(29)26-17-22(28(2)3)19-10-6-5-7-11-19)16-24(18)33(30,31)27-21-12-8-9-13-23(21)32-4/h5-16,22,27H,17H2,1-4H3,(H,26,29)/t22-/m0/s1. The summed E-state index contributed by atoms with van der Waals surface area (Å²) in [7, 11) is 1.43. The van der Waals surface area contributed by atoms with E-state index in [1.807, 2.05) is 49.3 Å². The lowest BCUT2D eigenvalue weighted by Crippen LogP contribution is -2.34. The largest absolute Gasteiger partial charge is 0.495 e. The molecule has 0 saturated carbocycles. The number of benzene rings is 3. The normalized spacial score (nSPS) is 12.3. The number of para-hydroxylation sites is 2. The lowest BCUT2D eigenvalue weighted by atomic mass is 10.1. The van der Waals surface area contributed by atoms with E-state index in [-0.39, 0.29) is 22.4 Å². The molecule has 0 spiro atoms. The van der Waals surface area contributed by atoms with Crippen molar-refractivity contribution in [3.05, 3.63) is 89.5 Å². The first-order valence-electron chi connectivity index (χ1n) is 10.5. The summed E-state index contributed by atoms with van der Waals surface area (Å²) in [5, 5.41) is 2.93. The summed E-state index contributed by atoms with van der Waals surface area (Å²) < 4.78 is 34.0. The SMILES string of the molecule is COc1ccccc1NS(=O)(=O)c1cc(C(=O)NC[C@@H](c2ccccc2)N(C)C)ccc1C. The van der Waals surface area contributed by atoms with E-state index in [9.17, 15) is 13.2 Å². The fourth-order valence-electron chi connectivity index (χ4n) is 3.52. The van der Waals surface area contributed by atoms with Gasteiger partial charge in [-0.25, -0.2) is 8.42 Å². The van der Waals surface area contributed by atoms with Crippen molar-refractivity contribution in [1.29, 1.82) is 0 Å². The summed E-state index contributed by atoms with van der Waals surface area (Å²) >= 11 is 0. The van der Waals surface area contributed by atoms with Crippen LogP contribution in [0.2, 0.25) is 0 Å². The molecule has 7 nitrogen and oxygen atoms in total. The minimum Gasteiger partial charge on any atom is -0.495 e. The summed E-state index contributed by atoms with van der Waals surface area (Å²) in [5.74, 6) is 0.0646. The molecule has 0 aliphatic heterocycles. The van der Waals surface area contributed by atoms with Crippen LogP contribution < -0.4 is 14.8 Å². The van der Waals surface area contributed by atoms with Gasteiger partial charge < -0.3 is 15.0 Å². The van der Waals surface area contributed by atoms with Crippen LogP contribution in [0.3, 0.4) is 0 Å². The number of sulfonamides is 1. The molecular weight excluding hydrogens is 438 g/mol. The Labute approximate surface area is 195 Å². The van der Waals surface area contributed by atoms with Crippen LogP contribution in [0.15, 0.2) is 77.7 Å². The Bertz CT molecular complexity index is 1210. The van der Waals surface area contributed by atoms with E-state index >= 15 is 0 Å². The number of amides is 1. The minimum atomic E-state index is -3.94. The van der Waals surface area contributed by atoms with Crippen molar-refractivity contribution < 1.29 is 17.9 Å². The van der Waals surface area contributed by atoms with E-state index in [2.05, 4.69) is 10.0 Å². The molecule has 0 radical (unpaired) electrons. The first-order chi connectivity index (χ1) is 15.7. The molecule has 0 saturated heterocycles. The summed E-state index contributed by atoms with van der Waals surface area (Å²) in [6.07, 6.45) is 0. The van der Waals surface area contributed by atoms with Gasteiger partial charge in [0.2, 0.25) is 0 Å². The summed E-state index contributed by atoms with van der Waals surface area (Å²) in [6.45, 7) is 2.07. The highest BCUT2D eigenvalue weighted by Gasteiger charge is 2.21. The molecular formula is C25H29N3O4S. The van der Waals surface area contributed by atoms with E-state index in [0.29, 0.717) is 23.5 Å². The zero-order valence-electron chi connectivity index (χ0n) is 19.2. The second-order valence-corrected chi connectivity index (χ2v) is 9.54. The lowest BCUT2D eigenvalue weighted by Gasteiger charge is -2.25. The van der Waals surface area contributed by atoms with Crippen LogP contribution in [0, 0.1) is 6.92 Å². The number of carbonyl (C=O) groups is 1. The van der Waals surface area contributed by atoms with E-state index in [0.717, 1.165) is 5.56 Å². The molecule has 0 aliphatic rings. The zero-order valence-corrected chi connectivity index (χ0v) is 20.0. The second-order valence-electron chi connectivity index (χ2n) is 7.89. The number of nitrogens with one attached hydrogen (secondary N) is 2. The molecule has 0 aromatic heterocycles. The van der Waals surface area contributed by atoms with Crippen LogP contribution in [0.4, 0.5) is 5.69 Å². The Morgan fingerprint density at radius 1 is 1.00 bits per heavy atom. The maximum absolute atomic E-state index is 13.1. The third-order valence-corrected chi connectivity index (χ3v) is 6.86. The highest BCUT2D eigenvalue weighted by Crippen LogP contribution is 2.27. The van der Waals surface area contributed by atoms with Crippen LogP contribution in [-0.4, -0.2) is 47.0 Å². The van der Waals surface area contributed by atoms with Crippen molar-refractivity contribution in [1.82, 2.24) is 10.2 Å². The van der Waals surface area contributed by atoms with Crippen LogP contribution in [-0.2, 0) is 10.0 Å². The smallest absolute Gasteiger partial charge is 0.262 e. The van der Waals surface area contributed by atoms with Crippen molar-refractivity contribution >= 4 is 21.6 Å². The molecule has 3 rings (SSSR count). The average molecular weight is 468 g/mol. The van der Waals surface area contributed by atoms with Gasteiger partial charge in [-0.15, -0.1) is 0 Å². The second kappa shape index (κ2) is 10.5. The molecule has 1 atom stereocenters. The van der Waals surface area contributed by atoms with Crippen LogP contribution in [0.1, 0.15) is 27.5 Å². The van der Waals surface area contributed by atoms with Crippen molar-refractivity contribution in [3.8, 4) is 5.75 Å². The maximum Gasteiger partial charge on any atom is 0.262 e. The number of ether oxygens (including phenoxy) is 1. The summed E-state index contributed by atoms with van der Waals surface area (Å²) in [4.78, 5) is 14.9. The number of anilines is 1. The van der Waals surface area contributed by atoms with Gasteiger partial charge >= 0.3 is 0 Å². The Morgan fingerprint density at radius 3 is 2.33 bits per heavy atom. The van der Waals surface area contributed by atoms with E-state index in [4.69, 9.17) is 4.74 Å². The van der Waals surface area contributed by atoms with Crippen molar-refractivity contribution in [2.24, 2.45) is 0 Å². The number of hydrogen-bond acceptors (Lipinski definition) is 5. The van der Waals surface area contributed by atoms with Gasteiger partial charge in [-0.05, 0) is 56.4 Å². The molecule has 0 fully saturated rings. The quantitative estimate of drug-likeness (QED) is 0.499. The molecule has 1 amide bonds. The first-order valence-corrected chi connectivity index (χ1v) is 12.0. The molecule has 3 aromatic carbocycles. The number of carbonyl (C=O) groups excluding carboxylic acids is 1. The van der Waals surface area contributed by atoms with Crippen molar-refractivity contribution in [2.75, 3.05) is 32.5 Å². The van der Waals surface area contributed by atoms with Crippen molar-refractivity contribution in [2.45, 2.75) is 17.9 Å². The maximum atomic E-state index is 13.1. The fourth-order valence-corrected chi connectivity index (χ4v) is 4.87. The lowest BCUT2D eigenvalue weighted by molar-refractivity contribution is 0.0941. The Kier molecular flexibility index (Phi) is 7.73. The highest BCUT2D eigenvalue weighted by atomic mass is 32.2. The monoisotopic (exact) mass is 467 g/mol. The Morgan fingerprint density at radius 2 is 1.67 bits per heavy atom. The molecule has 174 valence electrons. The van der Waals surface area contributed by atoms with E-state index < -0.39 is 10.0 Å². The number of rotatable bonds is 9. The van der Waals surface area contributed by atoms with E-state index in [1.165, 1.54) is 13.2 Å². The molecule has 0 heterocycles. The van der Waals surface area contributed by atoms with Gasteiger partial charge in [0.25, 0.3) is 15.9 Å². The van der Waals surface area contributed by atoms with Crippen LogP contribution in [0.25, 0.3) is 0 Å². The van der Waals surface area contributed by atoms with Crippen LogP contribution >= 0.6 is 0 Å². The molecule has 0 aliphatic carbocycles. The zero-order chi connectivity index (χ0) is 24.0. The van der Waals surface area contributed by atoms with Gasteiger partial charge in [-0.3, -0.25) is 9.52 Å². The number of aryl methyl sites for hydroxylation is 1. The third-order valence-electron chi connectivity index (χ3n) is 5.35. The van der Waals surface area contributed by atoms with Gasteiger partial charge in [0.15, 0.2) is 0 Å². The molecule has 0 bridgehead atoms. The van der Waals surface area contributed by atoms with E-state index in [1.54, 1.807) is 43.3 Å². The van der Waals surface area contributed by atoms with Crippen LogP contribution in [0.5, 0.6) is 5.75 Å². The van der Waals surface area contributed by atoms with Crippen molar-refractivity contribution in [3.63, 3.8) is 0 Å². The molecule has 3 aromatic rings. The summed E-state index contributed by atoms with van der Waals surface area (Å²) in [5.41, 5.74) is 2.21. The van der Waals surface area contributed by atoms with Gasteiger partial charge in [0, 0.05) is 12.1 Å². The molecule has 2 N–H and O–H groups in total. The van der Waals surface area contributed by atoms with Gasteiger partial charge in [-0.1, -0.05) is 48.5 Å². The number of hydrogen-bond donors (Lipinski definition) is 2. The third kappa shape index (κ3) is 5.91. The first kappa shape index (κ1) is 24.3. The predicted octanol–water partition coefficient (Wildman–Crippen LogP) is 3.84. The summed E-state index contributed by atoms with van der Waals surface area (Å²) in [6, 6.07) is 21.3.